The molecule has 25 heavy (non-hydrogen) atoms. The predicted molar refractivity (Wildman–Crippen MR) is 102 cm³/mol. The summed E-state index contributed by atoms with van der Waals surface area (Å²) in [7, 11) is 1.96. The van der Waals surface area contributed by atoms with Crippen LogP contribution >= 0.6 is 0 Å². The minimum Gasteiger partial charge on any atom is -0.457 e. The Morgan fingerprint density at radius 1 is 0.920 bits per heavy atom. The number of aromatic nitrogens is 2. The summed E-state index contributed by atoms with van der Waals surface area (Å²) in [4.78, 5) is 0. The lowest BCUT2D eigenvalue weighted by molar-refractivity contribution is 0.482. The first-order valence-corrected chi connectivity index (χ1v) is 8.66. The van der Waals surface area contributed by atoms with Crippen molar-refractivity contribution >= 4 is 5.69 Å². The molecule has 0 bridgehead atoms. The van der Waals surface area contributed by atoms with Crippen LogP contribution in [0.15, 0.2) is 60.8 Å². The monoisotopic (exact) mass is 335 g/mol. The molecule has 0 spiro atoms. The zero-order chi connectivity index (χ0) is 17.8. The van der Waals surface area contributed by atoms with Crippen molar-refractivity contribution in [2.24, 2.45) is 7.05 Å². The van der Waals surface area contributed by atoms with Gasteiger partial charge in [0.15, 0.2) is 0 Å². The van der Waals surface area contributed by atoms with E-state index in [9.17, 15) is 0 Å². The van der Waals surface area contributed by atoms with E-state index in [4.69, 9.17) is 4.74 Å². The Balaban J connectivity index is 1.70. The highest BCUT2D eigenvalue weighted by atomic mass is 16.5. The van der Waals surface area contributed by atoms with E-state index in [1.807, 2.05) is 60.4 Å². The minimum atomic E-state index is 0.187. The highest BCUT2D eigenvalue weighted by Gasteiger charge is 2.14. The zero-order valence-electron chi connectivity index (χ0n) is 15.2. The summed E-state index contributed by atoms with van der Waals surface area (Å²) in [5, 5.41) is 8.13. The second kappa shape index (κ2) is 7.43. The third-order valence-electron chi connectivity index (χ3n) is 4.14. The van der Waals surface area contributed by atoms with Crippen molar-refractivity contribution in [1.29, 1.82) is 0 Å². The van der Waals surface area contributed by atoms with Gasteiger partial charge in [-0.15, -0.1) is 0 Å². The van der Waals surface area contributed by atoms with Crippen LogP contribution < -0.4 is 10.1 Å². The molecule has 4 heteroatoms. The van der Waals surface area contributed by atoms with Crippen LogP contribution in [0.3, 0.4) is 0 Å². The van der Waals surface area contributed by atoms with Crippen LogP contribution in [0, 0.1) is 0 Å². The van der Waals surface area contributed by atoms with E-state index in [-0.39, 0.29) is 6.04 Å². The maximum atomic E-state index is 5.85. The molecule has 0 fully saturated rings. The Morgan fingerprint density at radius 2 is 1.56 bits per heavy atom. The first-order valence-electron chi connectivity index (χ1n) is 8.66. The Morgan fingerprint density at radius 3 is 2.20 bits per heavy atom. The van der Waals surface area contributed by atoms with Crippen LogP contribution in [0.5, 0.6) is 11.5 Å². The molecule has 1 unspecified atom stereocenters. The number of rotatable bonds is 6. The van der Waals surface area contributed by atoms with Gasteiger partial charge < -0.3 is 10.1 Å². The smallest absolute Gasteiger partial charge is 0.127 e. The van der Waals surface area contributed by atoms with Gasteiger partial charge in [0.05, 0.1) is 11.4 Å². The predicted octanol–water partition coefficient (Wildman–Crippen LogP) is 5.51. The molecule has 1 atom stereocenters. The molecular formula is C21H25N3O. The first kappa shape index (κ1) is 17.1. The number of hydrogen-bond acceptors (Lipinski definition) is 3. The Hall–Kier alpha value is -2.75. The molecule has 0 aliphatic heterocycles. The topological polar surface area (TPSA) is 39.1 Å². The average molecular weight is 335 g/mol. The molecule has 0 aliphatic rings. The fourth-order valence-corrected chi connectivity index (χ4v) is 2.81. The number of nitrogens with zero attached hydrogens (tertiary/aromatic N) is 2. The molecule has 0 saturated heterocycles. The fourth-order valence-electron chi connectivity index (χ4n) is 2.81. The summed E-state index contributed by atoms with van der Waals surface area (Å²) in [6, 6.07) is 18.2. The van der Waals surface area contributed by atoms with E-state index in [1.165, 1.54) is 5.56 Å². The largest absolute Gasteiger partial charge is 0.457 e. The minimum absolute atomic E-state index is 0.187. The molecule has 3 rings (SSSR count). The van der Waals surface area contributed by atoms with Gasteiger partial charge in [-0.3, -0.25) is 4.68 Å². The molecule has 130 valence electrons. The second-order valence-corrected chi connectivity index (χ2v) is 6.61. The van der Waals surface area contributed by atoms with Gasteiger partial charge in [-0.05, 0) is 42.7 Å². The fraction of sp³-hybridized carbons (Fsp3) is 0.286. The van der Waals surface area contributed by atoms with Crippen LogP contribution in [0.1, 0.15) is 44.0 Å². The SMILES string of the molecule is CC(C)c1nn(C)cc1NC(C)c1ccc(Oc2ccccc2)cc1. The number of nitrogens with one attached hydrogen (secondary N) is 1. The summed E-state index contributed by atoms with van der Waals surface area (Å²) < 4.78 is 7.71. The van der Waals surface area contributed by atoms with Crippen LogP contribution in [0.25, 0.3) is 0 Å². The lowest BCUT2D eigenvalue weighted by Crippen LogP contribution is -2.08. The van der Waals surface area contributed by atoms with Gasteiger partial charge in [0.2, 0.25) is 0 Å². The van der Waals surface area contributed by atoms with Gasteiger partial charge in [-0.25, -0.2) is 0 Å². The Bertz CT molecular complexity index is 807. The van der Waals surface area contributed by atoms with Gasteiger partial charge in [0, 0.05) is 19.3 Å². The van der Waals surface area contributed by atoms with Gasteiger partial charge in [-0.2, -0.15) is 5.10 Å². The number of anilines is 1. The quantitative estimate of drug-likeness (QED) is 0.645. The zero-order valence-corrected chi connectivity index (χ0v) is 15.2. The van der Waals surface area contributed by atoms with E-state index < -0.39 is 0 Å². The molecule has 1 heterocycles. The molecule has 2 aromatic carbocycles. The molecule has 0 amide bonds. The van der Waals surface area contributed by atoms with Crippen molar-refractivity contribution in [3.05, 3.63) is 72.1 Å². The summed E-state index contributed by atoms with van der Waals surface area (Å²) in [5.41, 5.74) is 3.40. The Labute approximate surface area is 149 Å². The first-order chi connectivity index (χ1) is 12.0. The van der Waals surface area contributed by atoms with E-state index in [1.54, 1.807) is 0 Å². The van der Waals surface area contributed by atoms with Gasteiger partial charge >= 0.3 is 0 Å². The second-order valence-electron chi connectivity index (χ2n) is 6.61. The lowest BCUT2D eigenvalue weighted by atomic mass is 10.1. The standard InChI is InChI=1S/C21H25N3O/c1-15(2)21-20(14-24(4)23-21)22-16(3)17-10-12-19(13-11-17)25-18-8-6-5-7-9-18/h5-16,22H,1-4H3. The molecule has 0 radical (unpaired) electrons. The van der Waals surface area contributed by atoms with E-state index in [0.717, 1.165) is 22.9 Å². The summed E-state index contributed by atoms with van der Waals surface area (Å²) >= 11 is 0. The molecule has 4 nitrogen and oxygen atoms in total. The molecule has 0 saturated carbocycles. The van der Waals surface area contributed by atoms with Crippen LogP contribution in [-0.4, -0.2) is 9.78 Å². The van der Waals surface area contributed by atoms with Crippen molar-refractivity contribution in [1.82, 2.24) is 9.78 Å². The van der Waals surface area contributed by atoms with Crippen molar-refractivity contribution in [2.75, 3.05) is 5.32 Å². The average Bonchev–Trinajstić information content (AvgIpc) is 2.97. The number of para-hydroxylation sites is 1. The highest BCUT2D eigenvalue weighted by Crippen LogP contribution is 2.28. The summed E-state index contributed by atoms with van der Waals surface area (Å²) in [5.74, 6) is 2.07. The maximum Gasteiger partial charge on any atom is 0.127 e. The van der Waals surface area contributed by atoms with Crippen LogP contribution in [0.4, 0.5) is 5.69 Å². The van der Waals surface area contributed by atoms with Gasteiger partial charge in [-0.1, -0.05) is 44.2 Å². The number of ether oxygens (including phenoxy) is 1. The normalized spacial score (nSPS) is 12.2. The van der Waals surface area contributed by atoms with Gasteiger partial charge in [0.1, 0.15) is 11.5 Å². The molecule has 3 aromatic rings. The van der Waals surface area contributed by atoms with E-state index in [2.05, 4.69) is 43.3 Å². The van der Waals surface area contributed by atoms with Crippen LogP contribution in [-0.2, 0) is 7.05 Å². The number of hydrogen-bond donors (Lipinski definition) is 1. The third kappa shape index (κ3) is 4.21. The highest BCUT2D eigenvalue weighted by molar-refractivity contribution is 5.50. The van der Waals surface area contributed by atoms with Crippen LogP contribution in [0.2, 0.25) is 0 Å². The molecule has 1 N–H and O–H groups in total. The summed E-state index contributed by atoms with van der Waals surface area (Å²) in [6.07, 6.45) is 2.04. The molecule has 1 aromatic heterocycles. The molecular weight excluding hydrogens is 310 g/mol. The van der Waals surface area contributed by atoms with Gasteiger partial charge in [0.25, 0.3) is 0 Å². The maximum absolute atomic E-state index is 5.85. The van der Waals surface area contributed by atoms with Crippen molar-refractivity contribution in [3.8, 4) is 11.5 Å². The van der Waals surface area contributed by atoms with Crippen molar-refractivity contribution < 1.29 is 4.74 Å². The van der Waals surface area contributed by atoms with E-state index >= 15 is 0 Å². The van der Waals surface area contributed by atoms with Crippen molar-refractivity contribution in [3.63, 3.8) is 0 Å². The van der Waals surface area contributed by atoms with E-state index in [0.29, 0.717) is 5.92 Å². The summed E-state index contributed by atoms with van der Waals surface area (Å²) in [6.45, 7) is 6.48. The lowest BCUT2D eigenvalue weighted by Gasteiger charge is -2.17. The molecule has 0 aliphatic carbocycles. The Kier molecular flexibility index (Phi) is 5.08. The number of benzene rings is 2. The van der Waals surface area contributed by atoms with Crippen molar-refractivity contribution in [2.45, 2.75) is 32.7 Å². The third-order valence-corrected chi connectivity index (χ3v) is 4.14. The number of aryl methyl sites for hydroxylation is 1.